The van der Waals surface area contributed by atoms with E-state index in [1.807, 2.05) is 12.1 Å². The quantitative estimate of drug-likeness (QED) is 0.919. The average Bonchev–Trinajstić information content (AvgIpc) is 3.10. The second kappa shape index (κ2) is 6.20. The summed E-state index contributed by atoms with van der Waals surface area (Å²) in [6.45, 7) is 2.14. The summed E-state index contributed by atoms with van der Waals surface area (Å²) in [6, 6.07) is 5.31. The van der Waals surface area contributed by atoms with Crippen molar-refractivity contribution in [3.8, 4) is 0 Å². The Morgan fingerprint density at radius 3 is 2.83 bits per heavy atom. The number of nitrogens with one attached hydrogen (secondary N) is 1. The van der Waals surface area contributed by atoms with Crippen molar-refractivity contribution >= 4 is 11.8 Å². The fraction of sp³-hybridized carbons (Fsp3) is 0.375. The minimum Gasteiger partial charge on any atom is -0.351 e. The first-order valence-corrected chi connectivity index (χ1v) is 7.43. The maximum absolute atomic E-state index is 12.1. The SMILES string of the molecule is Cc1cc(C(=O)NC[C@@H]2CC(=O)N(C)[C@H]2c2ccncc2)on1. The molecule has 0 saturated carbocycles. The molecule has 0 aliphatic carbocycles. The van der Waals surface area contributed by atoms with Crippen molar-refractivity contribution in [2.45, 2.75) is 19.4 Å². The highest BCUT2D eigenvalue weighted by atomic mass is 16.5. The van der Waals surface area contributed by atoms with E-state index in [-0.39, 0.29) is 29.5 Å². The van der Waals surface area contributed by atoms with Gasteiger partial charge < -0.3 is 14.7 Å². The van der Waals surface area contributed by atoms with Crippen LogP contribution in [0.2, 0.25) is 0 Å². The van der Waals surface area contributed by atoms with E-state index in [2.05, 4.69) is 15.5 Å². The van der Waals surface area contributed by atoms with Crippen molar-refractivity contribution in [2.75, 3.05) is 13.6 Å². The third-order valence-electron chi connectivity index (χ3n) is 4.12. The van der Waals surface area contributed by atoms with E-state index in [0.29, 0.717) is 18.7 Å². The molecular formula is C16H18N4O3. The van der Waals surface area contributed by atoms with E-state index >= 15 is 0 Å². The predicted octanol–water partition coefficient (Wildman–Crippen LogP) is 1.33. The lowest BCUT2D eigenvalue weighted by molar-refractivity contribution is -0.127. The van der Waals surface area contributed by atoms with E-state index in [1.165, 1.54) is 0 Å². The molecule has 2 amide bonds. The number of pyridine rings is 1. The number of carbonyl (C=O) groups is 2. The van der Waals surface area contributed by atoms with Crippen LogP contribution in [0.4, 0.5) is 0 Å². The molecule has 1 saturated heterocycles. The van der Waals surface area contributed by atoms with E-state index in [1.54, 1.807) is 37.3 Å². The lowest BCUT2D eigenvalue weighted by atomic mass is 9.94. The molecule has 23 heavy (non-hydrogen) atoms. The van der Waals surface area contributed by atoms with Crippen molar-refractivity contribution < 1.29 is 14.1 Å². The number of rotatable bonds is 4. The maximum atomic E-state index is 12.1. The smallest absolute Gasteiger partial charge is 0.289 e. The van der Waals surface area contributed by atoms with Crippen LogP contribution in [0.25, 0.3) is 0 Å². The maximum Gasteiger partial charge on any atom is 0.289 e. The molecule has 0 spiro atoms. The Labute approximate surface area is 133 Å². The molecule has 3 rings (SSSR count). The molecule has 3 heterocycles. The normalized spacial score (nSPS) is 20.8. The van der Waals surface area contributed by atoms with Gasteiger partial charge in [-0.2, -0.15) is 0 Å². The lowest BCUT2D eigenvalue weighted by Crippen LogP contribution is -2.32. The molecule has 2 aromatic heterocycles. The molecule has 2 atom stereocenters. The van der Waals surface area contributed by atoms with E-state index in [4.69, 9.17) is 4.52 Å². The van der Waals surface area contributed by atoms with Crippen LogP contribution in [-0.4, -0.2) is 40.4 Å². The zero-order valence-corrected chi connectivity index (χ0v) is 13.0. The lowest BCUT2D eigenvalue weighted by Gasteiger charge is -2.25. The van der Waals surface area contributed by atoms with Gasteiger partial charge in [0, 0.05) is 44.4 Å². The molecule has 0 aromatic carbocycles. The van der Waals surface area contributed by atoms with Gasteiger partial charge in [-0.3, -0.25) is 14.6 Å². The first kappa shape index (κ1) is 15.2. The first-order valence-electron chi connectivity index (χ1n) is 7.43. The summed E-state index contributed by atoms with van der Waals surface area (Å²) in [5, 5.41) is 6.53. The van der Waals surface area contributed by atoms with Gasteiger partial charge in [-0.1, -0.05) is 5.16 Å². The van der Waals surface area contributed by atoms with Crippen molar-refractivity contribution in [1.29, 1.82) is 0 Å². The van der Waals surface area contributed by atoms with Crippen LogP contribution in [0.3, 0.4) is 0 Å². The Morgan fingerprint density at radius 2 is 2.17 bits per heavy atom. The zero-order chi connectivity index (χ0) is 16.4. The molecule has 0 unspecified atom stereocenters. The molecule has 1 aliphatic rings. The number of aryl methyl sites for hydroxylation is 1. The highest BCUT2D eigenvalue weighted by molar-refractivity contribution is 5.91. The van der Waals surface area contributed by atoms with Gasteiger partial charge in [0.25, 0.3) is 5.91 Å². The summed E-state index contributed by atoms with van der Waals surface area (Å²) < 4.78 is 4.95. The van der Waals surface area contributed by atoms with E-state index in [0.717, 1.165) is 5.56 Å². The Balaban J connectivity index is 1.70. The van der Waals surface area contributed by atoms with Gasteiger partial charge >= 0.3 is 0 Å². The Bertz CT molecular complexity index is 713. The van der Waals surface area contributed by atoms with E-state index < -0.39 is 0 Å². The fourth-order valence-corrected chi connectivity index (χ4v) is 2.97. The number of nitrogens with zero attached hydrogens (tertiary/aromatic N) is 3. The second-order valence-electron chi connectivity index (χ2n) is 5.74. The number of amides is 2. The largest absolute Gasteiger partial charge is 0.351 e. The Kier molecular flexibility index (Phi) is 4.10. The molecule has 1 aliphatic heterocycles. The molecule has 7 nitrogen and oxygen atoms in total. The number of hydrogen-bond acceptors (Lipinski definition) is 5. The van der Waals surface area contributed by atoms with Gasteiger partial charge in [-0.25, -0.2) is 0 Å². The number of hydrogen-bond donors (Lipinski definition) is 1. The molecule has 7 heteroatoms. The van der Waals surface area contributed by atoms with Gasteiger partial charge in [0.05, 0.1) is 11.7 Å². The second-order valence-corrected chi connectivity index (χ2v) is 5.74. The third kappa shape index (κ3) is 3.08. The summed E-state index contributed by atoms with van der Waals surface area (Å²) in [5.41, 5.74) is 1.67. The van der Waals surface area contributed by atoms with Crippen LogP contribution in [0.5, 0.6) is 0 Å². The van der Waals surface area contributed by atoms with Crippen LogP contribution in [-0.2, 0) is 4.79 Å². The standard InChI is InChI=1S/C16H18N4O3/c1-10-7-13(23-19-10)16(22)18-9-12-8-14(21)20(2)15(12)11-3-5-17-6-4-11/h3-7,12,15H,8-9H2,1-2H3,(H,18,22)/t12-,15-/m0/s1. The van der Waals surface area contributed by atoms with Crippen molar-refractivity contribution in [3.63, 3.8) is 0 Å². The highest BCUT2D eigenvalue weighted by Gasteiger charge is 2.38. The molecule has 1 N–H and O–H groups in total. The topological polar surface area (TPSA) is 88.3 Å². The van der Waals surface area contributed by atoms with Crippen LogP contribution < -0.4 is 5.32 Å². The number of carbonyl (C=O) groups excluding carboxylic acids is 2. The van der Waals surface area contributed by atoms with Gasteiger partial charge in [0.2, 0.25) is 11.7 Å². The molecule has 120 valence electrons. The minimum atomic E-state index is -0.318. The Morgan fingerprint density at radius 1 is 1.43 bits per heavy atom. The first-order chi connectivity index (χ1) is 11.1. The van der Waals surface area contributed by atoms with Gasteiger partial charge in [0.1, 0.15) is 0 Å². The van der Waals surface area contributed by atoms with Crippen LogP contribution in [0, 0.1) is 12.8 Å². The minimum absolute atomic E-state index is 0.00266. The van der Waals surface area contributed by atoms with Crippen molar-refractivity contribution in [3.05, 3.63) is 47.6 Å². The van der Waals surface area contributed by atoms with Crippen molar-refractivity contribution in [1.82, 2.24) is 20.4 Å². The predicted molar refractivity (Wildman–Crippen MR) is 81.4 cm³/mol. The summed E-state index contributed by atoms with van der Waals surface area (Å²) in [6.07, 6.45) is 3.82. The van der Waals surface area contributed by atoms with Crippen LogP contribution in [0.15, 0.2) is 35.1 Å². The molecule has 1 fully saturated rings. The van der Waals surface area contributed by atoms with Gasteiger partial charge in [-0.15, -0.1) is 0 Å². The summed E-state index contributed by atoms with van der Waals surface area (Å²) in [4.78, 5) is 29.9. The van der Waals surface area contributed by atoms with Crippen LogP contribution >= 0.6 is 0 Å². The number of likely N-dealkylation sites (tertiary alicyclic amines) is 1. The monoisotopic (exact) mass is 314 g/mol. The van der Waals surface area contributed by atoms with Gasteiger partial charge in [0.15, 0.2) is 0 Å². The van der Waals surface area contributed by atoms with Crippen molar-refractivity contribution in [2.24, 2.45) is 5.92 Å². The highest BCUT2D eigenvalue weighted by Crippen LogP contribution is 2.36. The molecule has 2 aromatic rings. The fourth-order valence-electron chi connectivity index (χ4n) is 2.97. The molecular weight excluding hydrogens is 296 g/mol. The van der Waals surface area contributed by atoms with Gasteiger partial charge in [-0.05, 0) is 24.6 Å². The summed E-state index contributed by atoms with van der Waals surface area (Å²) in [7, 11) is 1.79. The zero-order valence-electron chi connectivity index (χ0n) is 13.0. The summed E-state index contributed by atoms with van der Waals surface area (Å²) >= 11 is 0. The third-order valence-corrected chi connectivity index (χ3v) is 4.12. The molecule has 0 radical (unpaired) electrons. The molecule has 0 bridgehead atoms. The number of aromatic nitrogens is 2. The van der Waals surface area contributed by atoms with Crippen LogP contribution in [0.1, 0.15) is 34.3 Å². The Hall–Kier alpha value is -2.70. The average molecular weight is 314 g/mol. The summed E-state index contributed by atoms with van der Waals surface area (Å²) in [5.74, 6) is -0.0637. The van der Waals surface area contributed by atoms with E-state index in [9.17, 15) is 9.59 Å².